The van der Waals surface area contributed by atoms with Crippen LogP contribution in [0.1, 0.15) is 10.4 Å². The molecule has 3 N–H and O–H groups in total. The highest BCUT2D eigenvalue weighted by atomic mass is 35.6. The van der Waals surface area contributed by atoms with Crippen LogP contribution < -0.4 is 39.6 Å². The minimum Gasteiger partial charge on any atom is -0.497 e. The average Bonchev–Trinajstić information content (AvgIpc) is 2.81. The maximum Gasteiger partial charge on any atom is 0.253 e. The van der Waals surface area contributed by atoms with Crippen LogP contribution >= 0.6 is 47.0 Å². The third-order valence-electron chi connectivity index (χ3n) is 4.46. The Labute approximate surface area is 217 Å². The van der Waals surface area contributed by atoms with E-state index in [1.807, 2.05) is 0 Å². The van der Waals surface area contributed by atoms with Crippen molar-refractivity contribution < 1.29 is 28.5 Å². The van der Waals surface area contributed by atoms with Crippen molar-refractivity contribution in [2.45, 2.75) is 9.96 Å². The maximum absolute atomic E-state index is 13.0. The fraction of sp³-hybridized carbons (Fsp3) is 0.333. The second-order valence-electron chi connectivity index (χ2n) is 6.53. The van der Waals surface area contributed by atoms with Crippen molar-refractivity contribution in [3.63, 3.8) is 0 Å². The lowest BCUT2D eigenvalue weighted by Gasteiger charge is -2.28. The second kappa shape index (κ2) is 12.3. The molecule has 0 radical (unpaired) electrons. The van der Waals surface area contributed by atoms with Gasteiger partial charge in [0.05, 0.1) is 41.2 Å². The van der Waals surface area contributed by atoms with E-state index in [0.717, 1.165) is 0 Å². The quantitative estimate of drug-likeness (QED) is 0.241. The number of thiocarbonyl (C=S) groups is 1. The lowest BCUT2D eigenvalue weighted by Crippen LogP contribution is -2.56. The Kier molecular flexibility index (Phi) is 9.99. The topological polar surface area (TPSA) is 99.3 Å². The number of anilines is 1. The third kappa shape index (κ3) is 6.99. The number of benzene rings is 2. The Hall–Kier alpha value is -2.53. The number of nitrogens with one attached hydrogen (secondary N) is 3. The van der Waals surface area contributed by atoms with Gasteiger partial charge < -0.3 is 39.6 Å². The molecule has 2 rings (SSSR count). The predicted molar refractivity (Wildman–Crippen MR) is 137 cm³/mol. The third-order valence-corrected chi connectivity index (χ3v) is 5.33. The van der Waals surface area contributed by atoms with E-state index in [2.05, 4.69) is 16.0 Å². The number of ether oxygens (including phenoxy) is 5. The molecule has 0 bridgehead atoms. The summed E-state index contributed by atoms with van der Waals surface area (Å²) in [4.78, 5) is 13.0. The number of hydrogen-bond donors (Lipinski definition) is 3. The zero-order valence-electron chi connectivity index (χ0n) is 19.0. The molecule has 0 aliphatic heterocycles. The first-order valence-corrected chi connectivity index (χ1v) is 11.1. The molecule has 0 saturated carbocycles. The van der Waals surface area contributed by atoms with E-state index in [9.17, 15) is 4.79 Å². The summed E-state index contributed by atoms with van der Waals surface area (Å²) in [5, 5.41) is 8.37. The first-order valence-electron chi connectivity index (χ1n) is 9.55. The molecule has 0 aliphatic rings. The summed E-state index contributed by atoms with van der Waals surface area (Å²) in [6, 6.07) is 8.02. The smallest absolute Gasteiger partial charge is 0.253 e. The van der Waals surface area contributed by atoms with Crippen molar-refractivity contribution in [3.05, 3.63) is 35.9 Å². The van der Waals surface area contributed by atoms with Crippen LogP contribution in [0.2, 0.25) is 0 Å². The Morgan fingerprint density at radius 1 is 0.853 bits per heavy atom. The summed E-state index contributed by atoms with van der Waals surface area (Å²) < 4.78 is 24.4. The van der Waals surface area contributed by atoms with Gasteiger partial charge in [0.25, 0.3) is 5.91 Å². The zero-order chi connectivity index (χ0) is 25.5. The van der Waals surface area contributed by atoms with E-state index in [1.54, 1.807) is 18.2 Å². The van der Waals surface area contributed by atoms with Crippen molar-refractivity contribution in [3.8, 4) is 28.7 Å². The molecule has 0 unspecified atom stereocenters. The van der Waals surface area contributed by atoms with E-state index in [1.165, 1.54) is 47.7 Å². The first-order chi connectivity index (χ1) is 16.1. The highest BCUT2D eigenvalue weighted by molar-refractivity contribution is 7.80. The molecule has 0 aliphatic carbocycles. The number of carbonyl (C=O) groups excluding carboxylic acids is 1. The number of hydrogen-bond acceptors (Lipinski definition) is 7. The lowest BCUT2D eigenvalue weighted by molar-refractivity contribution is 0.0933. The molecule has 186 valence electrons. The molecule has 1 atom stereocenters. The van der Waals surface area contributed by atoms with Crippen LogP contribution in [0.4, 0.5) is 5.69 Å². The van der Waals surface area contributed by atoms with E-state index < -0.39 is 15.9 Å². The van der Waals surface area contributed by atoms with Crippen LogP contribution in [0.25, 0.3) is 0 Å². The largest absolute Gasteiger partial charge is 0.497 e. The SMILES string of the molecule is COc1ccc(OC)c(NC(=S)N[C@@H](NC(=O)c2cc(OC)c(OC)c(OC)c2)C(Cl)(Cl)Cl)c1. The Bertz CT molecular complexity index is 1010. The average molecular weight is 553 g/mol. The van der Waals surface area contributed by atoms with Crippen LogP contribution in [-0.4, -0.2) is 56.5 Å². The summed E-state index contributed by atoms with van der Waals surface area (Å²) in [7, 11) is 7.35. The van der Waals surface area contributed by atoms with E-state index in [0.29, 0.717) is 22.9 Å². The molecule has 1 amide bonds. The van der Waals surface area contributed by atoms with Gasteiger partial charge in [-0.25, -0.2) is 0 Å². The van der Waals surface area contributed by atoms with Crippen molar-refractivity contribution >= 4 is 63.7 Å². The predicted octanol–water partition coefficient (Wildman–Crippen LogP) is 4.14. The summed E-state index contributed by atoms with van der Waals surface area (Å²) >= 11 is 23.7. The Morgan fingerprint density at radius 2 is 1.44 bits per heavy atom. The fourth-order valence-corrected chi connectivity index (χ4v) is 3.38. The fourth-order valence-electron chi connectivity index (χ4n) is 2.83. The van der Waals surface area contributed by atoms with Crippen molar-refractivity contribution in [1.29, 1.82) is 0 Å². The van der Waals surface area contributed by atoms with Crippen LogP contribution in [0.3, 0.4) is 0 Å². The van der Waals surface area contributed by atoms with Gasteiger partial charge in [0.1, 0.15) is 17.7 Å². The molecule has 0 heterocycles. The van der Waals surface area contributed by atoms with Gasteiger partial charge in [-0.15, -0.1) is 0 Å². The van der Waals surface area contributed by atoms with Crippen LogP contribution in [0.15, 0.2) is 30.3 Å². The first kappa shape index (κ1) is 27.7. The Balaban J connectivity index is 2.25. The highest BCUT2D eigenvalue weighted by Crippen LogP contribution is 2.38. The van der Waals surface area contributed by atoms with Crippen LogP contribution in [-0.2, 0) is 0 Å². The Morgan fingerprint density at radius 3 is 1.91 bits per heavy atom. The van der Waals surface area contributed by atoms with Gasteiger partial charge in [-0.3, -0.25) is 4.79 Å². The van der Waals surface area contributed by atoms with Gasteiger partial charge in [-0.05, 0) is 36.5 Å². The van der Waals surface area contributed by atoms with E-state index in [-0.39, 0.29) is 22.2 Å². The molecular formula is C21H24Cl3N3O6S. The molecule has 2 aromatic rings. The molecule has 0 saturated heterocycles. The van der Waals surface area contributed by atoms with Gasteiger partial charge in [-0.1, -0.05) is 34.8 Å². The molecule has 0 fully saturated rings. The molecule has 34 heavy (non-hydrogen) atoms. The lowest BCUT2D eigenvalue weighted by atomic mass is 10.1. The molecule has 0 aromatic heterocycles. The van der Waals surface area contributed by atoms with E-state index in [4.69, 9.17) is 70.7 Å². The van der Waals surface area contributed by atoms with E-state index >= 15 is 0 Å². The van der Waals surface area contributed by atoms with Gasteiger partial charge in [-0.2, -0.15) is 0 Å². The monoisotopic (exact) mass is 551 g/mol. The van der Waals surface area contributed by atoms with Gasteiger partial charge in [0, 0.05) is 11.6 Å². The molecule has 2 aromatic carbocycles. The van der Waals surface area contributed by atoms with Crippen molar-refractivity contribution in [2.24, 2.45) is 0 Å². The zero-order valence-corrected chi connectivity index (χ0v) is 22.0. The normalized spacial score (nSPS) is 11.6. The summed E-state index contributed by atoms with van der Waals surface area (Å²) in [5.74, 6) is 1.37. The number of alkyl halides is 3. The number of halogens is 3. The van der Waals surface area contributed by atoms with Crippen molar-refractivity contribution in [1.82, 2.24) is 10.6 Å². The molecule has 9 nitrogen and oxygen atoms in total. The molecule has 13 heteroatoms. The number of methoxy groups -OCH3 is 5. The molecular weight excluding hydrogens is 529 g/mol. The number of rotatable bonds is 9. The number of amides is 1. The molecule has 0 spiro atoms. The number of carbonyl (C=O) groups is 1. The van der Waals surface area contributed by atoms with Crippen LogP contribution in [0, 0.1) is 0 Å². The van der Waals surface area contributed by atoms with Gasteiger partial charge >= 0.3 is 0 Å². The van der Waals surface area contributed by atoms with Gasteiger partial charge in [0.2, 0.25) is 9.54 Å². The van der Waals surface area contributed by atoms with Gasteiger partial charge in [0.15, 0.2) is 16.6 Å². The standard InChI is InChI=1S/C21H24Cl3N3O6S/c1-29-12-6-7-14(30-2)13(10-12)25-20(34)27-19(21(22,23)24)26-18(28)11-8-15(31-3)17(33-5)16(9-11)32-4/h6-10,19H,1-5H3,(H,26,28)(H2,25,27,34)/t19-/m1/s1. The maximum atomic E-state index is 13.0. The summed E-state index contributed by atoms with van der Waals surface area (Å²) in [6.07, 6.45) is -1.22. The van der Waals surface area contributed by atoms with Crippen LogP contribution in [0.5, 0.6) is 28.7 Å². The summed E-state index contributed by atoms with van der Waals surface area (Å²) in [5.41, 5.74) is 0.669. The highest BCUT2D eigenvalue weighted by Gasteiger charge is 2.35. The minimum absolute atomic E-state index is 0.0491. The minimum atomic E-state index is -1.97. The van der Waals surface area contributed by atoms with Crippen molar-refractivity contribution in [2.75, 3.05) is 40.9 Å². The summed E-state index contributed by atoms with van der Waals surface area (Å²) in [6.45, 7) is 0. The second-order valence-corrected chi connectivity index (χ2v) is 9.30.